The molecule has 0 atom stereocenters. The second-order valence-electron chi connectivity index (χ2n) is 6.10. The van der Waals surface area contributed by atoms with Crippen molar-refractivity contribution in [3.05, 3.63) is 58.7 Å². The molecule has 0 saturated carbocycles. The lowest BCUT2D eigenvalue weighted by Gasteiger charge is -2.19. The van der Waals surface area contributed by atoms with Crippen LogP contribution in [0.2, 0.25) is 0 Å². The molecule has 0 bridgehead atoms. The van der Waals surface area contributed by atoms with Crippen LogP contribution in [0, 0.1) is 6.92 Å². The van der Waals surface area contributed by atoms with Crippen LogP contribution < -0.4 is 11.1 Å². The number of nitrogens with zero attached hydrogens (tertiary/aromatic N) is 1. The highest BCUT2D eigenvalue weighted by molar-refractivity contribution is 5.92. The van der Waals surface area contributed by atoms with E-state index in [9.17, 15) is 5.11 Å². The number of hydrogen-bond acceptors (Lipinski definition) is 2. The predicted octanol–water partition coefficient (Wildman–Crippen LogP) is 3.51. The van der Waals surface area contributed by atoms with Crippen molar-refractivity contribution in [1.82, 2.24) is 0 Å². The number of fused-ring (bicyclic) bond motifs is 1. The summed E-state index contributed by atoms with van der Waals surface area (Å²) in [4.78, 5) is 4.41. The number of aliphatic imine (C=N–C) groups is 1. The molecule has 4 N–H and O–H groups in total. The first-order valence-corrected chi connectivity index (χ1v) is 8.09. The Labute approximate surface area is 137 Å². The topological polar surface area (TPSA) is 70.6 Å². The fraction of sp³-hybridized carbons (Fsp3) is 0.316. The van der Waals surface area contributed by atoms with Crippen LogP contribution in [0.3, 0.4) is 0 Å². The Hall–Kier alpha value is -2.49. The molecule has 0 aromatic heterocycles. The fourth-order valence-electron chi connectivity index (χ4n) is 3.14. The van der Waals surface area contributed by atoms with Crippen LogP contribution in [-0.2, 0) is 19.4 Å². The SMILES string of the molecule is Cc1cccc(NC(N)=NCc2c(O)ccc3c2CCCC3)c1. The molecular formula is C19H23N3O. The van der Waals surface area contributed by atoms with Gasteiger partial charge in [-0.05, 0) is 67.5 Å². The van der Waals surface area contributed by atoms with Gasteiger partial charge in [0, 0.05) is 11.3 Å². The molecule has 0 spiro atoms. The number of aryl methyl sites for hydroxylation is 2. The Morgan fingerprint density at radius 1 is 1.22 bits per heavy atom. The van der Waals surface area contributed by atoms with E-state index in [1.54, 1.807) is 6.07 Å². The molecular weight excluding hydrogens is 286 g/mol. The Morgan fingerprint density at radius 2 is 2.04 bits per heavy atom. The zero-order chi connectivity index (χ0) is 16.2. The summed E-state index contributed by atoms with van der Waals surface area (Å²) in [5, 5.41) is 13.3. The average Bonchev–Trinajstić information content (AvgIpc) is 2.54. The van der Waals surface area contributed by atoms with Gasteiger partial charge in [-0.25, -0.2) is 4.99 Å². The first-order valence-electron chi connectivity index (χ1n) is 8.09. The van der Waals surface area contributed by atoms with E-state index in [0.717, 1.165) is 29.7 Å². The van der Waals surface area contributed by atoms with Gasteiger partial charge in [-0.2, -0.15) is 0 Å². The molecule has 0 saturated heterocycles. The summed E-state index contributed by atoms with van der Waals surface area (Å²) in [6.45, 7) is 2.44. The minimum absolute atomic E-state index is 0.317. The van der Waals surface area contributed by atoms with E-state index in [0.29, 0.717) is 18.3 Å². The maximum absolute atomic E-state index is 10.2. The van der Waals surface area contributed by atoms with Crippen molar-refractivity contribution in [2.45, 2.75) is 39.2 Å². The lowest BCUT2D eigenvalue weighted by atomic mass is 9.88. The van der Waals surface area contributed by atoms with Crippen LogP contribution in [0.25, 0.3) is 0 Å². The second-order valence-corrected chi connectivity index (χ2v) is 6.10. The number of nitrogens with one attached hydrogen (secondary N) is 1. The molecule has 1 aliphatic rings. The summed E-state index contributed by atoms with van der Waals surface area (Å²) < 4.78 is 0. The molecule has 4 nitrogen and oxygen atoms in total. The molecule has 23 heavy (non-hydrogen) atoms. The number of hydrogen-bond donors (Lipinski definition) is 3. The van der Waals surface area contributed by atoms with Gasteiger partial charge in [-0.15, -0.1) is 0 Å². The average molecular weight is 309 g/mol. The molecule has 2 aromatic rings. The Balaban J connectivity index is 1.77. The van der Waals surface area contributed by atoms with E-state index in [-0.39, 0.29) is 0 Å². The Kier molecular flexibility index (Phi) is 4.51. The number of phenolic OH excluding ortho intramolecular Hbond substituents is 1. The quantitative estimate of drug-likeness (QED) is 0.600. The standard InChI is InChI=1S/C19H23N3O/c1-13-5-4-7-15(11-13)22-19(20)21-12-17-16-8-3-2-6-14(16)9-10-18(17)23/h4-5,7,9-11,23H,2-3,6,8,12H2,1H3,(H3,20,21,22). The van der Waals surface area contributed by atoms with Gasteiger partial charge in [0.05, 0.1) is 6.54 Å². The third-order valence-corrected chi connectivity index (χ3v) is 4.32. The summed E-state index contributed by atoms with van der Waals surface area (Å²) in [5.41, 5.74) is 11.6. The third kappa shape index (κ3) is 3.65. The van der Waals surface area contributed by atoms with Crippen molar-refractivity contribution in [2.24, 2.45) is 10.7 Å². The highest BCUT2D eigenvalue weighted by Gasteiger charge is 2.16. The minimum atomic E-state index is 0.317. The van der Waals surface area contributed by atoms with Crippen LogP contribution in [0.4, 0.5) is 5.69 Å². The van der Waals surface area contributed by atoms with Crippen LogP contribution in [-0.4, -0.2) is 11.1 Å². The molecule has 3 rings (SSSR count). The molecule has 4 heteroatoms. The van der Waals surface area contributed by atoms with Crippen LogP contribution in [0.15, 0.2) is 41.4 Å². The minimum Gasteiger partial charge on any atom is -0.508 e. The number of aromatic hydroxyl groups is 1. The maximum atomic E-state index is 10.2. The van der Waals surface area contributed by atoms with E-state index in [4.69, 9.17) is 5.73 Å². The van der Waals surface area contributed by atoms with E-state index in [1.165, 1.54) is 24.0 Å². The van der Waals surface area contributed by atoms with Crippen LogP contribution in [0.1, 0.15) is 35.1 Å². The van der Waals surface area contributed by atoms with Gasteiger partial charge in [0.15, 0.2) is 5.96 Å². The number of guanidine groups is 1. The smallest absolute Gasteiger partial charge is 0.193 e. The zero-order valence-electron chi connectivity index (χ0n) is 13.5. The fourth-order valence-corrected chi connectivity index (χ4v) is 3.14. The first-order chi connectivity index (χ1) is 11.1. The van der Waals surface area contributed by atoms with Crippen LogP contribution >= 0.6 is 0 Å². The van der Waals surface area contributed by atoms with Crippen molar-refractivity contribution in [2.75, 3.05) is 5.32 Å². The number of rotatable bonds is 3. The number of phenols is 1. The van der Waals surface area contributed by atoms with E-state index < -0.39 is 0 Å². The van der Waals surface area contributed by atoms with E-state index in [1.807, 2.05) is 37.3 Å². The summed E-state index contributed by atoms with van der Waals surface area (Å²) in [6.07, 6.45) is 4.49. The second kappa shape index (κ2) is 6.73. The summed E-state index contributed by atoms with van der Waals surface area (Å²) in [7, 11) is 0. The number of benzene rings is 2. The molecule has 0 radical (unpaired) electrons. The largest absolute Gasteiger partial charge is 0.508 e. The van der Waals surface area contributed by atoms with Gasteiger partial charge in [-0.1, -0.05) is 18.2 Å². The van der Waals surface area contributed by atoms with Gasteiger partial charge in [-0.3, -0.25) is 0 Å². The number of nitrogens with two attached hydrogens (primary N) is 1. The highest BCUT2D eigenvalue weighted by Crippen LogP contribution is 2.31. The third-order valence-electron chi connectivity index (χ3n) is 4.32. The van der Waals surface area contributed by atoms with Gasteiger partial charge in [0.2, 0.25) is 0 Å². The van der Waals surface area contributed by atoms with Gasteiger partial charge in [0.1, 0.15) is 5.75 Å². The Morgan fingerprint density at radius 3 is 2.87 bits per heavy atom. The maximum Gasteiger partial charge on any atom is 0.193 e. The van der Waals surface area contributed by atoms with Gasteiger partial charge in [0.25, 0.3) is 0 Å². The monoisotopic (exact) mass is 309 g/mol. The molecule has 0 fully saturated rings. The van der Waals surface area contributed by atoms with Crippen molar-refractivity contribution < 1.29 is 5.11 Å². The molecule has 1 aliphatic carbocycles. The zero-order valence-corrected chi connectivity index (χ0v) is 13.5. The molecule has 0 amide bonds. The van der Waals surface area contributed by atoms with Crippen molar-refractivity contribution in [3.63, 3.8) is 0 Å². The molecule has 0 unspecified atom stereocenters. The molecule has 0 aliphatic heterocycles. The highest BCUT2D eigenvalue weighted by atomic mass is 16.3. The number of anilines is 1. The van der Waals surface area contributed by atoms with Crippen molar-refractivity contribution in [3.8, 4) is 5.75 Å². The lowest BCUT2D eigenvalue weighted by molar-refractivity contribution is 0.465. The van der Waals surface area contributed by atoms with Crippen molar-refractivity contribution in [1.29, 1.82) is 0 Å². The van der Waals surface area contributed by atoms with E-state index in [2.05, 4.69) is 10.3 Å². The van der Waals surface area contributed by atoms with E-state index >= 15 is 0 Å². The normalized spacial score (nSPS) is 14.4. The van der Waals surface area contributed by atoms with Crippen LogP contribution in [0.5, 0.6) is 5.75 Å². The Bertz CT molecular complexity index is 737. The summed E-state index contributed by atoms with van der Waals surface area (Å²) in [6, 6.07) is 11.8. The lowest BCUT2D eigenvalue weighted by Crippen LogP contribution is -2.22. The predicted molar refractivity (Wildman–Crippen MR) is 94.9 cm³/mol. The molecule has 120 valence electrons. The molecule has 2 aromatic carbocycles. The van der Waals surface area contributed by atoms with Crippen molar-refractivity contribution >= 4 is 11.6 Å². The van der Waals surface area contributed by atoms with Gasteiger partial charge < -0.3 is 16.2 Å². The summed E-state index contributed by atoms with van der Waals surface area (Å²) in [5.74, 6) is 0.682. The first kappa shape index (κ1) is 15.4. The summed E-state index contributed by atoms with van der Waals surface area (Å²) >= 11 is 0. The van der Waals surface area contributed by atoms with Gasteiger partial charge >= 0.3 is 0 Å². The molecule has 0 heterocycles.